The number of nitrogens with one attached hydrogen (secondary N) is 1. The van der Waals surface area contributed by atoms with E-state index in [1.54, 1.807) is 19.5 Å². The molecular formula is C16H27N3O2. The number of hydrogen-bond donors (Lipinski definition) is 1. The van der Waals surface area contributed by atoms with Gasteiger partial charge in [0.25, 0.3) is 0 Å². The lowest BCUT2D eigenvalue weighted by Gasteiger charge is -2.28. The Hall–Kier alpha value is -1.20. The van der Waals surface area contributed by atoms with Gasteiger partial charge in [0.15, 0.2) is 0 Å². The Balaban J connectivity index is 1.91. The topological polar surface area (TPSA) is 56.3 Å². The summed E-state index contributed by atoms with van der Waals surface area (Å²) in [5.41, 5.74) is 0.967. The first-order valence-corrected chi connectivity index (χ1v) is 7.71. The van der Waals surface area contributed by atoms with Gasteiger partial charge in [-0.1, -0.05) is 0 Å². The third kappa shape index (κ3) is 5.59. The Morgan fingerprint density at radius 3 is 2.71 bits per heavy atom. The highest BCUT2D eigenvalue weighted by Crippen LogP contribution is 2.24. The molecule has 1 aromatic heterocycles. The molecule has 0 saturated heterocycles. The van der Waals surface area contributed by atoms with Crippen molar-refractivity contribution < 1.29 is 9.47 Å². The van der Waals surface area contributed by atoms with E-state index in [0.29, 0.717) is 18.5 Å². The Bertz CT molecular complexity index is 445. The fourth-order valence-corrected chi connectivity index (χ4v) is 2.48. The van der Waals surface area contributed by atoms with Crippen molar-refractivity contribution in [3.8, 4) is 5.88 Å². The molecule has 1 N–H and O–H groups in total. The SMILES string of the molecule is COC1CCCC(Oc2cncc(CNC(C)(C)C)n2)C1. The molecule has 2 unspecified atom stereocenters. The molecule has 1 aromatic rings. The highest BCUT2D eigenvalue weighted by Gasteiger charge is 2.23. The third-order valence-electron chi connectivity index (χ3n) is 3.66. The average molecular weight is 293 g/mol. The van der Waals surface area contributed by atoms with Gasteiger partial charge in [0.1, 0.15) is 6.10 Å². The summed E-state index contributed by atoms with van der Waals surface area (Å²) in [7, 11) is 1.77. The molecule has 1 fully saturated rings. The second-order valence-electron chi connectivity index (χ2n) is 6.72. The molecule has 1 heterocycles. The van der Waals surface area contributed by atoms with Crippen LogP contribution >= 0.6 is 0 Å². The summed E-state index contributed by atoms with van der Waals surface area (Å²) < 4.78 is 11.4. The molecule has 118 valence electrons. The van der Waals surface area contributed by atoms with E-state index >= 15 is 0 Å². The quantitative estimate of drug-likeness (QED) is 0.904. The van der Waals surface area contributed by atoms with E-state index in [1.165, 1.54) is 0 Å². The first kappa shape index (κ1) is 16.2. The number of hydrogen-bond acceptors (Lipinski definition) is 5. The highest BCUT2D eigenvalue weighted by atomic mass is 16.5. The average Bonchev–Trinajstić information content (AvgIpc) is 2.45. The highest BCUT2D eigenvalue weighted by molar-refractivity contribution is 5.09. The molecular weight excluding hydrogens is 266 g/mol. The molecule has 0 aromatic carbocycles. The monoisotopic (exact) mass is 293 g/mol. The van der Waals surface area contributed by atoms with Crippen LogP contribution in [0.2, 0.25) is 0 Å². The number of methoxy groups -OCH3 is 1. The molecule has 5 nitrogen and oxygen atoms in total. The van der Waals surface area contributed by atoms with Gasteiger partial charge in [-0.05, 0) is 40.0 Å². The maximum absolute atomic E-state index is 5.98. The molecule has 0 aliphatic heterocycles. The van der Waals surface area contributed by atoms with Gasteiger partial charge in [-0.25, -0.2) is 4.98 Å². The van der Waals surface area contributed by atoms with E-state index < -0.39 is 0 Å². The van der Waals surface area contributed by atoms with Crippen molar-refractivity contribution in [1.29, 1.82) is 0 Å². The van der Waals surface area contributed by atoms with Gasteiger partial charge in [-0.15, -0.1) is 0 Å². The van der Waals surface area contributed by atoms with E-state index in [1.807, 2.05) is 0 Å². The molecule has 1 saturated carbocycles. The summed E-state index contributed by atoms with van der Waals surface area (Å²) in [6.07, 6.45) is 8.22. The zero-order chi connectivity index (χ0) is 15.3. The Kier molecular flexibility index (Phi) is 5.53. The van der Waals surface area contributed by atoms with Crippen LogP contribution in [0.4, 0.5) is 0 Å². The number of rotatable bonds is 5. The lowest BCUT2D eigenvalue weighted by Crippen LogP contribution is -2.35. The van der Waals surface area contributed by atoms with E-state index in [0.717, 1.165) is 31.4 Å². The second-order valence-corrected chi connectivity index (χ2v) is 6.72. The molecule has 2 atom stereocenters. The summed E-state index contributed by atoms with van der Waals surface area (Å²) in [4.78, 5) is 8.76. The van der Waals surface area contributed by atoms with Crippen LogP contribution in [-0.4, -0.2) is 34.8 Å². The largest absolute Gasteiger partial charge is 0.473 e. The van der Waals surface area contributed by atoms with Crippen LogP contribution in [0.25, 0.3) is 0 Å². The van der Waals surface area contributed by atoms with Gasteiger partial charge in [-0.2, -0.15) is 0 Å². The Morgan fingerprint density at radius 2 is 2.00 bits per heavy atom. The number of ether oxygens (including phenoxy) is 2. The van der Waals surface area contributed by atoms with Crippen molar-refractivity contribution in [2.45, 2.75) is 70.7 Å². The fourth-order valence-electron chi connectivity index (χ4n) is 2.48. The standard InChI is InChI=1S/C16H27N3O2/c1-16(2,3)18-10-12-9-17-11-15(19-12)21-14-7-5-6-13(8-14)20-4/h9,11,13-14,18H,5-8,10H2,1-4H3. The number of aromatic nitrogens is 2. The van der Waals surface area contributed by atoms with Gasteiger partial charge >= 0.3 is 0 Å². The summed E-state index contributed by atoms with van der Waals surface area (Å²) in [5.74, 6) is 0.616. The van der Waals surface area contributed by atoms with Crippen LogP contribution in [0.15, 0.2) is 12.4 Å². The maximum Gasteiger partial charge on any atom is 0.232 e. The van der Waals surface area contributed by atoms with Crippen molar-refractivity contribution in [3.63, 3.8) is 0 Å². The predicted octanol–water partition coefficient (Wildman–Crippen LogP) is 2.70. The maximum atomic E-state index is 5.98. The molecule has 0 bridgehead atoms. The smallest absolute Gasteiger partial charge is 0.232 e. The first-order valence-electron chi connectivity index (χ1n) is 7.71. The van der Waals surface area contributed by atoms with Crippen molar-refractivity contribution in [3.05, 3.63) is 18.1 Å². The summed E-state index contributed by atoms with van der Waals surface area (Å²) in [6.45, 7) is 7.09. The summed E-state index contributed by atoms with van der Waals surface area (Å²) >= 11 is 0. The third-order valence-corrected chi connectivity index (χ3v) is 3.66. The molecule has 0 spiro atoms. The molecule has 2 rings (SSSR count). The van der Waals surface area contributed by atoms with E-state index in [9.17, 15) is 0 Å². The van der Waals surface area contributed by atoms with Crippen LogP contribution in [0.3, 0.4) is 0 Å². The first-order chi connectivity index (χ1) is 9.96. The van der Waals surface area contributed by atoms with Crippen molar-refractivity contribution in [2.24, 2.45) is 0 Å². The molecule has 21 heavy (non-hydrogen) atoms. The molecule has 0 radical (unpaired) electrons. The normalized spacial score (nSPS) is 23.0. The zero-order valence-corrected chi connectivity index (χ0v) is 13.6. The van der Waals surface area contributed by atoms with Crippen LogP contribution < -0.4 is 10.1 Å². The minimum atomic E-state index is 0.0631. The minimum absolute atomic E-state index is 0.0631. The predicted molar refractivity (Wildman–Crippen MR) is 82.3 cm³/mol. The Morgan fingerprint density at radius 1 is 1.24 bits per heavy atom. The van der Waals surface area contributed by atoms with Crippen LogP contribution in [0.1, 0.15) is 52.1 Å². The second kappa shape index (κ2) is 7.18. The Labute approximate surface area is 127 Å². The van der Waals surface area contributed by atoms with Gasteiger partial charge in [0.2, 0.25) is 5.88 Å². The molecule has 1 aliphatic carbocycles. The molecule has 5 heteroatoms. The van der Waals surface area contributed by atoms with Crippen LogP contribution in [0.5, 0.6) is 5.88 Å². The van der Waals surface area contributed by atoms with E-state index in [2.05, 4.69) is 36.1 Å². The minimum Gasteiger partial charge on any atom is -0.473 e. The van der Waals surface area contributed by atoms with Gasteiger partial charge in [0.05, 0.1) is 18.0 Å². The van der Waals surface area contributed by atoms with Gasteiger partial charge < -0.3 is 14.8 Å². The summed E-state index contributed by atoms with van der Waals surface area (Å²) in [5, 5.41) is 3.41. The van der Waals surface area contributed by atoms with Crippen LogP contribution in [0, 0.1) is 0 Å². The fraction of sp³-hybridized carbons (Fsp3) is 0.750. The van der Waals surface area contributed by atoms with Gasteiger partial charge in [0, 0.05) is 31.8 Å². The van der Waals surface area contributed by atoms with Gasteiger partial charge in [-0.3, -0.25) is 4.98 Å². The molecule has 1 aliphatic rings. The van der Waals surface area contributed by atoms with Crippen molar-refractivity contribution in [1.82, 2.24) is 15.3 Å². The van der Waals surface area contributed by atoms with Crippen LogP contribution in [-0.2, 0) is 11.3 Å². The van der Waals surface area contributed by atoms with E-state index in [4.69, 9.17) is 9.47 Å². The molecule has 0 amide bonds. The van der Waals surface area contributed by atoms with Crippen molar-refractivity contribution in [2.75, 3.05) is 7.11 Å². The lowest BCUT2D eigenvalue weighted by molar-refractivity contribution is 0.0193. The number of nitrogens with zero attached hydrogens (tertiary/aromatic N) is 2. The zero-order valence-electron chi connectivity index (χ0n) is 13.6. The van der Waals surface area contributed by atoms with E-state index in [-0.39, 0.29) is 11.6 Å². The summed E-state index contributed by atoms with van der Waals surface area (Å²) in [6, 6.07) is 0. The lowest BCUT2D eigenvalue weighted by atomic mass is 9.95. The van der Waals surface area contributed by atoms with Crippen molar-refractivity contribution >= 4 is 0 Å².